The average Bonchev–Trinajstić information content (AvgIpc) is 3.09. The van der Waals surface area contributed by atoms with E-state index < -0.39 is 0 Å². The van der Waals surface area contributed by atoms with Crippen molar-refractivity contribution in [3.8, 4) is 17.1 Å². The Morgan fingerprint density at radius 3 is 2.52 bits per heavy atom. The number of nitrogens with zero attached hydrogens (tertiary/aromatic N) is 3. The van der Waals surface area contributed by atoms with Crippen LogP contribution in [0.4, 0.5) is 0 Å². The van der Waals surface area contributed by atoms with Crippen LogP contribution in [-0.2, 0) is 4.74 Å². The first-order valence-corrected chi connectivity index (χ1v) is 8.05. The van der Waals surface area contributed by atoms with Crippen LogP contribution in [-0.4, -0.2) is 40.9 Å². The quantitative estimate of drug-likeness (QED) is 0.703. The van der Waals surface area contributed by atoms with Crippen LogP contribution in [0.5, 0.6) is 0 Å². The third-order valence-corrected chi connectivity index (χ3v) is 3.71. The van der Waals surface area contributed by atoms with E-state index in [1.54, 1.807) is 11.8 Å². The Kier molecular flexibility index (Phi) is 5.20. The molecule has 0 aliphatic carbocycles. The van der Waals surface area contributed by atoms with E-state index in [1.807, 2.05) is 61.5 Å². The van der Waals surface area contributed by atoms with Gasteiger partial charge in [0.1, 0.15) is 0 Å². The first-order valence-electron chi connectivity index (χ1n) is 8.05. The Bertz CT molecular complexity index is 842. The summed E-state index contributed by atoms with van der Waals surface area (Å²) in [5, 5.41) is 7.17. The molecule has 0 saturated carbocycles. The van der Waals surface area contributed by atoms with Gasteiger partial charge in [-0.3, -0.25) is 4.79 Å². The van der Waals surface area contributed by atoms with E-state index in [-0.39, 0.29) is 11.7 Å². The number of rotatable bonds is 6. The Hall–Kier alpha value is -2.99. The summed E-state index contributed by atoms with van der Waals surface area (Å²) in [5.41, 5.74) is 2.90. The highest BCUT2D eigenvalue weighted by atomic mass is 16.5. The minimum atomic E-state index is -0.319. The van der Waals surface area contributed by atoms with Gasteiger partial charge in [-0.25, -0.2) is 9.67 Å². The Morgan fingerprint density at radius 2 is 1.84 bits per heavy atom. The number of hydrogen-bond acceptors (Lipinski definition) is 4. The zero-order valence-corrected chi connectivity index (χ0v) is 14.3. The second-order valence-corrected chi connectivity index (χ2v) is 5.62. The van der Waals surface area contributed by atoms with Crippen LogP contribution >= 0.6 is 0 Å². The molecule has 1 aromatic heterocycles. The van der Waals surface area contributed by atoms with Crippen molar-refractivity contribution in [3.05, 3.63) is 66.0 Å². The zero-order valence-electron chi connectivity index (χ0n) is 14.3. The number of carbonyl (C=O) groups excluding carboxylic acids is 1. The van der Waals surface area contributed by atoms with E-state index in [0.29, 0.717) is 19.0 Å². The number of nitrogens with one attached hydrogen (secondary N) is 1. The van der Waals surface area contributed by atoms with Crippen LogP contribution in [0.15, 0.2) is 54.6 Å². The number of carbonyl (C=O) groups is 1. The van der Waals surface area contributed by atoms with Gasteiger partial charge in [-0.15, -0.1) is 5.10 Å². The molecule has 0 bridgehead atoms. The van der Waals surface area contributed by atoms with Crippen LogP contribution in [0.25, 0.3) is 17.1 Å². The Labute approximate surface area is 146 Å². The zero-order chi connectivity index (χ0) is 17.6. The first kappa shape index (κ1) is 16.9. The van der Waals surface area contributed by atoms with Crippen molar-refractivity contribution in [1.82, 2.24) is 20.1 Å². The van der Waals surface area contributed by atoms with Crippen molar-refractivity contribution in [1.29, 1.82) is 0 Å². The van der Waals surface area contributed by atoms with E-state index in [4.69, 9.17) is 4.74 Å². The number of benzene rings is 2. The van der Waals surface area contributed by atoms with Crippen LogP contribution in [0.2, 0.25) is 0 Å². The number of aryl methyl sites for hydroxylation is 1. The monoisotopic (exact) mass is 336 g/mol. The largest absolute Gasteiger partial charge is 0.383 e. The molecule has 0 atom stereocenters. The lowest BCUT2D eigenvalue weighted by Gasteiger charge is -2.06. The van der Waals surface area contributed by atoms with Crippen molar-refractivity contribution in [2.45, 2.75) is 6.92 Å². The Balaban J connectivity index is 2.00. The number of aromatic nitrogens is 3. The molecule has 2 aromatic carbocycles. The molecule has 1 heterocycles. The summed E-state index contributed by atoms with van der Waals surface area (Å²) in [7, 11) is 1.59. The molecule has 0 fully saturated rings. The van der Waals surface area contributed by atoms with Crippen molar-refractivity contribution in [2.75, 3.05) is 20.3 Å². The van der Waals surface area contributed by atoms with Crippen molar-refractivity contribution < 1.29 is 9.53 Å². The maximum Gasteiger partial charge on any atom is 0.291 e. The molecule has 6 nitrogen and oxygen atoms in total. The molecule has 25 heavy (non-hydrogen) atoms. The molecule has 1 N–H and O–H groups in total. The molecule has 0 radical (unpaired) electrons. The molecule has 128 valence electrons. The summed E-state index contributed by atoms with van der Waals surface area (Å²) in [5.74, 6) is 0.442. The Morgan fingerprint density at radius 1 is 1.12 bits per heavy atom. The van der Waals surface area contributed by atoms with Crippen LogP contribution in [0.1, 0.15) is 16.2 Å². The molecule has 6 heteroatoms. The maximum absolute atomic E-state index is 12.3. The van der Waals surface area contributed by atoms with Gasteiger partial charge in [-0.1, -0.05) is 48.0 Å². The molecular weight excluding hydrogens is 316 g/mol. The van der Waals surface area contributed by atoms with Gasteiger partial charge < -0.3 is 10.1 Å². The second kappa shape index (κ2) is 7.72. The van der Waals surface area contributed by atoms with E-state index >= 15 is 0 Å². The van der Waals surface area contributed by atoms with Gasteiger partial charge >= 0.3 is 0 Å². The fourth-order valence-electron chi connectivity index (χ4n) is 2.39. The van der Waals surface area contributed by atoms with Crippen LogP contribution < -0.4 is 5.32 Å². The third-order valence-electron chi connectivity index (χ3n) is 3.71. The van der Waals surface area contributed by atoms with E-state index in [2.05, 4.69) is 15.4 Å². The summed E-state index contributed by atoms with van der Waals surface area (Å²) in [6.45, 7) is 2.88. The lowest BCUT2D eigenvalue weighted by molar-refractivity contribution is 0.0927. The average molecular weight is 336 g/mol. The number of methoxy groups -OCH3 is 1. The van der Waals surface area contributed by atoms with Crippen molar-refractivity contribution >= 4 is 5.91 Å². The third kappa shape index (κ3) is 3.92. The summed E-state index contributed by atoms with van der Waals surface area (Å²) in [4.78, 5) is 16.8. The first-order chi connectivity index (χ1) is 12.2. The number of ether oxygens (including phenoxy) is 1. The number of amides is 1. The highest BCUT2D eigenvalue weighted by Gasteiger charge is 2.18. The SMILES string of the molecule is COCCNC(=O)c1nc(-c2ccccc2)n(-c2ccc(C)cc2)n1. The molecular formula is C19H20N4O2. The van der Waals surface area contributed by atoms with Gasteiger partial charge in [0, 0.05) is 19.2 Å². The van der Waals surface area contributed by atoms with E-state index in [9.17, 15) is 4.79 Å². The molecule has 0 aliphatic heterocycles. The van der Waals surface area contributed by atoms with Gasteiger partial charge in [0.05, 0.1) is 12.3 Å². The topological polar surface area (TPSA) is 69.0 Å². The fourth-order valence-corrected chi connectivity index (χ4v) is 2.39. The lowest BCUT2D eigenvalue weighted by atomic mass is 10.2. The van der Waals surface area contributed by atoms with Gasteiger partial charge in [0.25, 0.3) is 5.91 Å². The predicted molar refractivity (Wildman–Crippen MR) is 95.7 cm³/mol. The molecule has 1 amide bonds. The lowest BCUT2D eigenvalue weighted by Crippen LogP contribution is -2.28. The van der Waals surface area contributed by atoms with E-state index in [0.717, 1.165) is 16.8 Å². The highest BCUT2D eigenvalue weighted by molar-refractivity contribution is 5.91. The fraction of sp³-hybridized carbons (Fsp3) is 0.211. The minimum Gasteiger partial charge on any atom is -0.383 e. The number of hydrogen-bond donors (Lipinski definition) is 1. The van der Waals surface area contributed by atoms with Gasteiger partial charge in [0.2, 0.25) is 5.82 Å². The van der Waals surface area contributed by atoms with Gasteiger partial charge in [-0.2, -0.15) is 0 Å². The summed E-state index contributed by atoms with van der Waals surface area (Å²) >= 11 is 0. The maximum atomic E-state index is 12.3. The highest BCUT2D eigenvalue weighted by Crippen LogP contribution is 2.21. The summed E-state index contributed by atoms with van der Waals surface area (Å²) in [6.07, 6.45) is 0. The normalized spacial score (nSPS) is 10.6. The van der Waals surface area contributed by atoms with E-state index in [1.165, 1.54) is 0 Å². The smallest absolute Gasteiger partial charge is 0.291 e. The standard InChI is InChI=1S/C19H20N4O2/c1-14-8-10-16(11-9-14)23-18(15-6-4-3-5-7-15)21-17(22-23)19(24)20-12-13-25-2/h3-11H,12-13H2,1-2H3,(H,20,24). The van der Waals surface area contributed by atoms with Gasteiger partial charge in [-0.05, 0) is 19.1 Å². The van der Waals surface area contributed by atoms with Crippen molar-refractivity contribution in [3.63, 3.8) is 0 Å². The molecule has 0 spiro atoms. The summed E-state index contributed by atoms with van der Waals surface area (Å²) < 4.78 is 6.64. The summed E-state index contributed by atoms with van der Waals surface area (Å²) in [6, 6.07) is 17.6. The van der Waals surface area contributed by atoms with Gasteiger partial charge in [0.15, 0.2) is 5.82 Å². The molecule has 0 aliphatic rings. The molecule has 3 rings (SSSR count). The second-order valence-electron chi connectivity index (χ2n) is 5.62. The molecule has 0 saturated heterocycles. The van der Waals surface area contributed by atoms with Crippen LogP contribution in [0.3, 0.4) is 0 Å². The molecule has 0 unspecified atom stereocenters. The molecule has 3 aromatic rings. The predicted octanol–water partition coefficient (Wildman–Crippen LogP) is 2.62. The van der Waals surface area contributed by atoms with Crippen LogP contribution in [0, 0.1) is 6.92 Å². The minimum absolute atomic E-state index is 0.135. The van der Waals surface area contributed by atoms with Crippen molar-refractivity contribution in [2.24, 2.45) is 0 Å².